The van der Waals surface area contributed by atoms with Gasteiger partial charge in [-0.2, -0.15) is 0 Å². The van der Waals surface area contributed by atoms with Crippen LogP contribution < -0.4 is 4.90 Å². The first-order chi connectivity index (χ1) is 15.0. The van der Waals surface area contributed by atoms with Gasteiger partial charge in [0, 0.05) is 16.9 Å². The average Bonchev–Trinajstić information content (AvgIpc) is 3.04. The number of imide groups is 1. The van der Waals surface area contributed by atoms with Crippen LogP contribution in [-0.2, 0) is 9.59 Å². The number of nitrogens with zero attached hydrogens (tertiary/aromatic N) is 1. The van der Waals surface area contributed by atoms with Crippen LogP contribution in [0.25, 0.3) is 0 Å². The molecule has 0 spiro atoms. The zero-order valence-electron chi connectivity index (χ0n) is 16.2. The van der Waals surface area contributed by atoms with Crippen molar-refractivity contribution < 1.29 is 19.5 Å². The lowest BCUT2D eigenvalue weighted by Crippen LogP contribution is -2.41. The van der Waals surface area contributed by atoms with Crippen LogP contribution in [0.15, 0.2) is 66.7 Å². The Morgan fingerprint density at radius 2 is 1.23 bits per heavy atom. The molecule has 2 unspecified atom stereocenters. The minimum atomic E-state index is -1.21. The predicted octanol–water partition coefficient (Wildman–Crippen LogP) is 4.43. The van der Waals surface area contributed by atoms with Crippen molar-refractivity contribution >= 4 is 35.1 Å². The first-order valence-corrected chi connectivity index (χ1v) is 10.4. The number of rotatable bonds is 2. The highest BCUT2D eigenvalue weighted by Gasteiger charge is 2.62. The second-order valence-corrected chi connectivity index (χ2v) is 8.68. The molecule has 0 saturated carbocycles. The van der Waals surface area contributed by atoms with E-state index < -0.39 is 17.8 Å². The molecule has 31 heavy (non-hydrogen) atoms. The van der Waals surface area contributed by atoms with E-state index in [9.17, 15) is 19.5 Å². The molecule has 152 valence electrons. The molecule has 1 heterocycles. The molecule has 0 aromatic heterocycles. The number of hydrogen-bond donors (Lipinski definition) is 1. The molecule has 5 nitrogen and oxygen atoms in total. The maximum atomic E-state index is 13.7. The van der Waals surface area contributed by atoms with Gasteiger partial charge in [-0.25, -0.2) is 9.69 Å². The second-order valence-electron chi connectivity index (χ2n) is 8.24. The van der Waals surface area contributed by atoms with Crippen LogP contribution in [0.5, 0.6) is 0 Å². The molecule has 1 saturated heterocycles. The van der Waals surface area contributed by atoms with Gasteiger partial charge >= 0.3 is 5.97 Å². The molecule has 1 N–H and O–H groups in total. The van der Waals surface area contributed by atoms with E-state index in [1.165, 1.54) is 18.2 Å². The molecule has 3 aromatic rings. The normalized spacial score (nSPS) is 25.3. The molecule has 1 fully saturated rings. The van der Waals surface area contributed by atoms with Crippen molar-refractivity contribution in [2.24, 2.45) is 11.8 Å². The Kier molecular flexibility index (Phi) is 3.72. The second kappa shape index (κ2) is 6.28. The summed E-state index contributed by atoms with van der Waals surface area (Å²) in [5.41, 5.74) is 4.20. The predicted molar refractivity (Wildman–Crippen MR) is 114 cm³/mol. The van der Waals surface area contributed by atoms with Crippen molar-refractivity contribution in [2.75, 3.05) is 4.90 Å². The van der Waals surface area contributed by atoms with Crippen molar-refractivity contribution in [1.29, 1.82) is 0 Å². The van der Waals surface area contributed by atoms with Gasteiger partial charge in [0.15, 0.2) is 0 Å². The summed E-state index contributed by atoms with van der Waals surface area (Å²) in [5.74, 6) is -3.55. The topological polar surface area (TPSA) is 74.7 Å². The van der Waals surface area contributed by atoms with Crippen molar-refractivity contribution in [2.45, 2.75) is 11.8 Å². The zero-order chi connectivity index (χ0) is 21.4. The lowest BCUT2D eigenvalue weighted by atomic mass is 9.55. The highest BCUT2D eigenvalue weighted by atomic mass is 35.5. The van der Waals surface area contributed by atoms with Gasteiger partial charge in [0.1, 0.15) is 0 Å². The van der Waals surface area contributed by atoms with Gasteiger partial charge in [0.2, 0.25) is 11.8 Å². The lowest BCUT2D eigenvalue weighted by molar-refractivity contribution is -0.122. The molecular weight excluding hydrogens is 414 g/mol. The Morgan fingerprint density at radius 1 is 0.774 bits per heavy atom. The number of halogens is 1. The molecule has 2 atom stereocenters. The van der Waals surface area contributed by atoms with E-state index in [-0.39, 0.29) is 39.9 Å². The summed E-state index contributed by atoms with van der Waals surface area (Å²) < 4.78 is 0. The van der Waals surface area contributed by atoms with Crippen LogP contribution in [0.4, 0.5) is 5.69 Å². The van der Waals surface area contributed by atoms with Crippen LogP contribution in [-0.4, -0.2) is 22.9 Å². The fourth-order valence-corrected chi connectivity index (χ4v) is 5.95. The summed E-state index contributed by atoms with van der Waals surface area (Å²) in [6.07, 6.45) is 0. The van der Waals surface area contributed by atoms with Crippen LogP contribution in [0.1, 0.15) is 44.4 Å². The van der Waals surface area contributed by atoms with Crippen molar-refractivity contribution in [3.05, 3.63) is 99.6 Å². The summed E-state index contributed by atoms with van der Waals surface area (Å²) >= 11 is 6.12. The van der Waals surface area contributed by atoms with Gasteiger partial charge in [-0.05, 0) is 40.5 Å². The van der Waals surface area contributed by atoms with Gasteiger partial charge in [0.05, 0.1) is 23.1 Å². The average molecular weight is 430 g/mol. The SMILES string of the molecule is O=C(O)c1ccc(Cl)cc1N1C(=O)C2C3c4ccccc4C(c4ccccc43)C2C1=O. The number of hydrogen-bond acceptors (Lipinski definition) is 3. The summed E-state index contributed by atoms with van der Waals surface area (Å²) in [7, 11) is 0. The van der Waals surface area contributed by atoms with Crippen molar-refractivity contribution in [3.8, 4) is 0 Å². The third-order valence-corrected chi connectivity index (χ3v) is 7.11. The Morgan fingerprint density at radius 3 is 1.65 bits per heavy atom. The maximum Gasteiger partial charge on any atom is 0.337 e. The standard InChI is InChI=1S/C25H16ClNO4/c26-12-9-10-17(25(30)31)18(11-12)27-23(28)21-19-13-5-1-2-6-14(13)20(22(21)24(27)29)16-8-4-3-7-15(16)19/h1-11,19-22H,(H,30,31). The first-order valence-electron chi connectivity index (χ1n) is 10.1. The third-order valence-electron chi connectivity index (χ3n) is 6.88. The van der Waals surface area contributed by atoms with Gasteiger partial charge in [-0.3, -0.25) is 9.59 Å². The molecule has 0 radical (unpaired) electrons. The number of carboxylic acid groups (broad SMARTS) is 1. The molecule has 4 aliphatic rings. The van der Waals surface area contributed by atoms with Crippen LogP contribution in [0.2, 0.25) is 5.02 Å². The minimum absolute atomic E-state index is 0.0388. The summed E-state index contributed by atoms with van der Waals surface area (Å²) in [4.78, 5) is 40.3. The van der Waals surface area contributed by atoms with Gasteiger partial charge in [0.25, 0.3) is 0 Å². The Bertz CT molecular complexity index is 1200. The van der Waals surface area contributed by atoms with E-state index in [0.717, 1.165) is 27.2 Å². The summed E-state index contributed by atoms with van der Waals surface area (Å²) in [6, 6.07) is 20.1. The van der Waals surface area contributed by atoms with E-state index in [1.807, 2.05) is 48.5 Å². The van der Waals surface area contributed by atoms with E-state index in [0.29, 0.717) is 0 Å². The maximum absolute atomic E-state index is 13.7. The lowest BCUT2D eigenvalue weighted by Gasteiger charge is -2.45. The molecule has 2 bridgehead atoms. The van der Waals surface area contributed by atoms with Crippen LogP contribution >= 0.6 is 11.6 Å². The summed E-state index contributed by atoms with van der Waals surface area (Å²) in [5, 5.41) is 9.92. The van der Waals surface area contributed by atoms with Crippen molar-refractivity contribution in [1.82, 2.24) is 0 Å². The van der Waals surface area contributed by atoms with Crippen molar-refractivity contribution in [3.63, 3.8) is 0 Å². The highest BCUT2D eigenvalue weighted by Crippen LogP contribution is 2.61. The fraction of sp³-hybridized carbons (Fsp3) is 0.160. The number of carbonyl (C=O) groups is 3. The fourth-order valence-electron chi connectivity index (χ4n) is 5.79. The van der Waals surface area contributed by atoms with Crippen LogP contribution in [0.3, 0.4) is 0 Å². The largest absolute Gasteiger partial charge is 0.478 e. The number of carbonyl (C=O) groups excluding carboxylic acids is 2. The number of benzene rings is 3. The Hall–Kier alpha value is -3.44. The van der Waals surface area contributed by atoms with E-state index in [2.05, 4.69) is 0 Å². The molecule has 2 amide bonds. The van der Waals surface area contributed by atoms with Crippen LogP contribution in [0, 0.1) is 11.8 Å². The third kappa shape index (κ3) is 2.29. The summed E-state index contributed by atoms with van der Waals surface area (Å²) in [6.45, 7) is 0. The minimum Gasteiger partial charge on any atom is -0.478 e. The van der Waals surface area contributed by atoms with E-state index in [4.69, 9.17) is 11.6 Å². The monoisotopic (exact) mass is 429 g/mol. The smallest absolute Gasteiger partial charge is 0.337 e. The Balaban J connectivity index is 1.58. The molecule has 7 rings (SSSR count). The molecule has 1 aliphatic heterocycles. The van der Waals surface area contributed by atoms with E-state index in [1.54, 1.807) is 0 Å². The van der Waals surface area contributed by atoms with Gasteiger partial charge in [-0.15, -0.1) is 0 Å². The number of amides is 2. The number of anilines is 1. The molecule has 3 aromatic carbocycles. The first kappa shape index (κ1) is 18.3. The highest BCUT2D eigenvalue weighted by molar-refractivity contribution is 6.32. The number of carboxylic acids is 1. The van der Waals surface area contributed by atoms with E-state index >= 15 is 0 Å². The van der Waals surface area contributed by atoms with Gasteiger partial charge < -0.3 is 5.11 Å². The Labute approximate surface area is 182 Å². The molecule has 3 aliphatic carbocycles. The zero-order valence-corrected chi connectivity index (χ0v) is 16.9. The van der Waals surface area contributed by atoms with Gasteiger partial charge in [-0.1, -0.05) is 60.1 Å². The molecular formula is C25H16ClNO4. The number of aromatic carboxylic acids is 1. The quantitative estimate of drug-likeness (QED) is 0.611. The molecule has 6 heteroatoms.